The fraction of sp³-hybridized carbons (Fsp3) is 0.538. The number of pyridine rings is 1. The van der Waals surface area contributed by atoms with Crippen molar-refractivity contribution in [3.8, 4) is 0 Å². The van der Waals surface area contributed by atoms with Crippen molar-refractivity contribution in [2.24, 2.45) is 4.99 Å². The predicted octanol–water partition coefficient (Wildman–Crippen LogP) is 3.25. The van der Waals surface area contributed by atoms with E-state index in [1.54, 1.807) is 0 Å². The van der Waals surface area contributed by atoms with Gasteiger partial charge >= 0.3 is 0 Å². The minimum atomic E-state index is 0.168. The van der Waals surface area contributed by atoms with Gasteiger partial charge in [0.2, 0.25) is 0 Å². The second kappa shape index (κ2) is 11.4. The van der Waals surface area contributed by atoms with Crippen LogP contribution < -0.4 is 20.4 Å². The SMILES string of the molecule is CCN1CCN(c2cc(CNC(=NC)NC(C)c3cccc(N4CCCC4)c3)ccn2)CC1. The quantitative estimate of drug-likeness (QED) is 0.500. The van der Waals surface area contributed by atoms with Crippen molar-refractivity contribution in [1.82, 2.24) is 20.5 Å². The molecular formula is C26H39N7. The number of benzene rings is 1. The maximum atomic E-state index is 4.62. The first-order valence-corrected chi connectivity index (χ1v) is 12.4. The van der Waals surface area contributed by atoms with Crippen LogP contribution >= 0.6 is 0 Å². The molecule has 0 saturated carbocycles. The lowest BCUT2D eigenvalue weighted by Crippen LogP contribution is -2.46. The van der Waals surface area contributed by atoms with Crippen molar-refractivity contribution in [3.63, 3.8) is 0 Å². The Morgan fingerprint density at radius 3 is 2.55 bits per heavy atom. The van der Waals surface area contributed by atoms with E-state index in [0.717, 1.165) is 57.6 Å². The third kappa shape index (κ3) is 6.16. The lowest BCUT2D eigenvalue weighted by molar-refractivity contribution is 0.270. The van der Waals surface area contributed by atoms with Crippen molar-refractivity contribution in [2.75, 3.05) is 62.7 Å². The molecule has 1 unspecified atom stereocenters. The first-order valence-electron chi connectivity index (χ1n) is 12.4. The van der Waals surface area contributed by atoms with Crippen LogP contribution in [-0.4, -0.2) is 68.7 Å². The third-order valence-electron chi connectivity index (χ3n) is 6.83. The van der Waals surface area contributed by atoms with Gasteiger partial charge in [0.15, 0.2) is 5.96 Å². The number of likely N-dealkylation sites (N-methyl/N-ethyl adjacent to an activating group) is 1. The second-order valence-electron chi connectivity index (χ2n) is 9.02. The van der Waals surface area contributed by atoms with Crippen LogP contribution in [0.2, 0.25) is 0 Å². The summed E-state index contributed by atoms with van der Waals surface area (Å²) in [6, 6.07) is 13.3. The maximum Gasteiger partial charge on any atom is 0.191 e. The fourth-order valence-electron chi connectivity index (χ4n) is 4.67. The predicted molar refractivity (Wildman–Crippen MR) is 138 cm³/mol. The second-order valence-corrected chi connectivity index (χ2v) is 9.02. The van der Waals surface area contributed by atoms with Crippen LogP contribution in [0.25, 0.3) is 0 Å². The zero-order valence-corrected chi connectivity index (χ0v) is 20.4. The number of nitrogens with zero attached hydrogens (tertiary/aromatic N) is 5. The average Bonchev–Trinajstić information content (AvgIpc) is 3.42. The van der Waals surface area contributed by atoms with Crippen LogP contribution in [0.4, 0.5) is 11.5 Å². The highest BCUT2D eigenvalue weighted by atomic mass is 15.3. The van der Waals surface area contributed by atoms with Gasteiger partial charge in [-0.1, -0.05) is 19.1 Å². The van der Waals surface area contributed by atoms with E-state index in [1.165, 1.54) is 29.7 Å². The zero-order chi connectivity index (χ0) is 23.0. The van der Waals surface area contributed by atoms with Crippen molar-refractivity contribution >= 4 is 17.5 Å². The molecule has 7 nitrogen and oxygen atoms in total. The topological polar surface area (TPSA) is 59.0 Å². The van der Waals surface area contributed by atoms with Gasteiger partial charge in [0, 0.05) is 64.7 Å². The maximum absolute atomic E-state index is 4.62. The number of anilines is 2. The van der Waals surface area contributed by atoms with Crippen molar-refractivity contribution < 1.29 is 0 Å². The Labute approximate surface area is 198 Å². The molecule has 1 aromatic carbocycles. The summed E-state index contributed by atoms with van der Waals surface area (Å²) in [6.45, 7) is 12.9. The summed E-state index contributed by atoms with van der Waals surface area (Å²) in [5.74, 6) is 1.88. The molecule has 2 fully saturated rings. The molecule has 178 valence electrons. The van der Waals surface area contributed by atoms with Gasteiger partial charge in [-0.15, -0.1) is 0 Å². The Morgan fingerprint density at radius 2 is 1.82 bits per heavy atom. The molecule has 33 heavy (non-hydrogen) atoms. The minimum absolute atomic E-state index is 0.168. The molecule has 0 aliphatic carbocycles. The van der Waals surface area contributed by atoms with E-state index in [9.17, 15) is 0 Å². The molecule has 4 rings (SSSR count). The molecule has 2 saturated heterocycles. The Kier molecular flexibility index (Phi) is 8.05. The Balaban J connectivity index is 1.32. The number of nitrogens with one attached hydrogen (secondary N) is 2. The van der Waals surface area contributed by atoms with Crippen LogP contribution in [0.3, 0.4) is 0 Å². The molecule has 3 heterocycles. The summed E-state index contributed by atoms with van der Waals surface area (Å²) < 4.78 is 0. The summed E-state index contributed by atoms with van der Waals surface area (Å²) in [5.41, 5.74) is 3.81. The standard InChI is InChI=1S/C26H39N7/c1-4-31-14-16-33(17-15-31)25-18-22(10-11-28-25)20-29-26(27-3)30-21(2)23-8-7-9-24(19-23)32-12-5-6-13-32/h7-11,18-19,21H,4-6,12-17,20H2,1-3H3,(H2,27,29,30). The summed E-state index contributed by atoms with van der Waals surface area (Å²) >= 11 is 0. The van der Waals surface area contributed by atoms with Gasteiger partial charge in [0.25, 0.3) is 0 Å². The van der Waals surface area contributed by atoms with Gasteiger partial charge in [0.1, 0.15) is 5.82 Å². The molecule has 1 atom stereocenters. The molecule has 0 bridgehead atoms. The third-order valence-corrected chi connectivity index (χ3v) is 6.83. The van der Waals surface area contributed by atoms with E-state index in [2.05, 4.69) is 85.6 Å². The molecule has 0 amide bonds. The fourth-order valence-corrected chi connectivity index (χ4v) is 4.67. The van der Waals surface area contributed by atoms with Gasteiger partial charge in [-0.25, -0.2) is 4.98 Å². The highest BCUT2D eigenvalue weighted by Crippen LogP contribution is 2.24. The number of aromatic nitrogens is 1. The van der Waals surface area contributed by atoms with Crippen molar-refractivity contribution in [2.45, 2.75) is 39.3 Å². The molecule has 0 radical (unpaired) electrons. The number of rotatable bonds is 7. The number of hydrogen-bond acceptors (Lipinski definition) is 5. The summed E-state index contributed by atoms with van der Waals surface area (Å²) in [4.78, 5) is 16.4. The molecule has 1 aromatic heterocycles. The average molecular weight is 450 g/mol. The van der Waals surface area contributed by atoms with Crippen LogP contribution in [0, 0.1) is 0 Å². The molecule has 2 aliphatic heterocycles. The van der Waals surface area contributed by atoms with E-state index in [4.69, 9.17) is 0 Å². The molecule has 2 N–H and O–H groups in total. The number of hydrogen-bond donors (Lipinski definition) is 2. The van der Waals surface area contributed by atoms with Gasteiger partial charge < -0.3 is 25.3 Å². The molecule has 0 spiro atoms. The van der Waals surface area contributed by atoms with Crippen molar-refractivity contribution in [3.05, 3.63) is 53.7 Å². The van der Waals surface area contributed by atoms with Crippen molar-refractivity contribution in [1.29, 1.82) is 0 Å². The largest absolute Gasteiger partial charge is 0.372 e. The van der Waals surface area contributed by atoms with E-state index in [-0.39, 0.29) is 6.04 Å². The smallest absolute Gasteiger partial charge is 0.191 e. The molecule has 2 aromatic rings. The van der Waals surface area contributed by atoms with E-state index < -0.39 is 0 Å². The highest BCUT2D eigenvalue weighted by molar-refractivity contribution is 5.80. The number of guanidine groups is 1. The Bertz CT molecular complexity index is 914. The van der Waals surface area contributed by atoms with E-state index in [0.29, 0.717) is 6.54 Å². The Morgan fingerprint density at radius 1 is 1.03 bits per heavy atom. The van der Waals surface area contributed by atoms with Gasteiger partial charge in [-0.2, -0.15) is 0 Å². The monoisotopic (exact) mass is 449 g/mol. The summed E-state index contributed by atoms with van der Waals surface area (Å²) in [5, 5.41) is 7.03. The first-order chi connectivity index (χ1) is 16.2. The lowest BCUT2D eigenvalue weighted by Gasteiger charge is -2.34. The van der Waals surface area contributed by atoms with Crippen LogP contribution in [0.15, 0.2) is 47.6 Å². The molecule has 7 heteroatoms. The van der Waals surface area contributed by atoms with Gasteiger partial charge in [-0.05, 0) is 61.7 Å². The molecular weight excluding hydrogens is 410 g/mol. The van der Waals surface area contributed by atoms with Crippen LogP contribution in [-0.2, 0) is 6.54 Å². The minimum Gasteiger partial charge on any atom is -0.372 e. The zero-order valence-electron chi connectivity index (χ0n) is 20.4. The van der Waals surface area contributed by atoms with Crippen LogP contribution in [0.5, 0.6) is 0 Å². The van der Waals surface area contributed by atoms with Gasteiger partial charge in [0.05, 0.1) is 6.04 Å². The van der Waals surface area contributed by atoms with E-state index in [1.807, 2.05) is 13.2 Å². The van der Waals surface area contributed by atoms with Gasteiger partial charge in [-0.3, -0.25) is 4.99 Å². The number of aliphatic imine (C=N–C) groups is 1. The molecule has 2 aliphatic rings. The number of piperazine rings is 1. The summed E-state index contributed by atoms with van der Waals surface area (Å²) in [7, 11) is 1.83. The Hall–Kier alpha value is -2.80. The van der Waals surface area contributed by atoms with Crippen LogP contribution in [0.1, 0.15) is 43.9 Å². The lowest BCUT2D eigenvalue weighted by atomic mass is 10.1. The normalized spacial score (nSPS) is 18.5. The first kappa shape index (κ1) is 23.4. The van der Waals surface area contributed by atoms with E-state index >= 15 is 0 Å². The highest BCUT2D eigenvalue weighted by Gasteiger charge is 2.17. The summed E-state index contributed by atoms with van der Waals surface area (Å²) in [6.07, 6.45) is 4.50.